The Balaban J connectivity index is 1.67. The Morgan fingerprint density at radius 2 is 2.41 bits per heavy atom. The molecule has 2 saturated heterocycles. The first-order chi connectivity index (χ1) is 8.15. The van der Waals surface area contributed by atoms with Gasteiger partial charge in [-0.2, -0.15) is 0 Å². The summed E-state index contributed by atoms with van der Waals surface area (Å²) < 4.78 is 21.8. The summed E-state index contributed by atoms with van der Waals surface area (Å²) in [5.41, 5.74) is 0. The number of carbonyl (C=O) groups excluding carboxylic acids is 1. The van der Waals surface area contributed by atoms with Crippen LogP contribution in [0.15, 0.2) is 4.99 Å². The topological polar surface area (TPSA) is 66.4 Å². The normalized spacial score (nSPS) is 42.7. The molecule has 0 N–H and O–H groups in total. The van der Waals surface area contributed by atoms with E-state index in [1.165, 1.54) is 6.92 Å². The molecule has 3 aliphatic rings. The van der Waals surface area contributed by atoms with Crippen LogP contribution in [0.3, 0.4) is 0 Å². The van der Waals surface area contributed by atoms with Gasteiger partial charge in [0, 0.05) is 19.8 Å². The lowest BCUT2D eigenvalue weighted by Gasteiger charge is -2.48. The highest BCUT2D eigenvalue weighted by Crippen LogP contribution is 2.39. The molecule has 0 saturated carbocycles. The highest BCUT2D eigenvalue weighted by molar-refractivity contribution is 5.75. The Labute approximate surface area is 98.9 Å². The van der Waals surface area contributed by atoms with Gasteiger partial charge in [0.05, 0.1) is 12.7 Å². The Morgan fingerprint density at radius 3 is 3.06 bits per heavy atom. The molecule has 3 rings (SSSR count). The summed E-state index contributed by atoms with van der Waals surface area (Å²) in [6, 6.07) is -0.0673. The number of nitrogens with zero attached hydrogens (tertiary/aromatic N) is 1. The molecule has 0 aliphatic carbocycles. The third-order valence-electron chi connectivity index (χ3n) is 3.37. The molecule has 94 valence electrons. The van der Waals surface area contributed by atoms with E-state index in [2.05, 4.69) is 4.99 Å². The molecule has 6 nitrogen and oxygen atoms in total. The van der Waals surface area contributed by atoms with Gasteiger partial charge in [0.25, 0.3) is 0 Å². The van der Waals surface area contributed by atoms with Crippen LogP contribution in [-0.2, 0) is 23.7 Å². The molecule has 0 radical (unpaired) electrons. The summed E-state index contributed by atoms with van der Waals surface area (Å²) in [6.45, 7) is 4.08. The van der Waals surface area contributed by atoms with Crippen LogP contribution in [0.25, 0.3) is 0 Å². The fourth-order valence-electron chi connectivity index (χ4n) is 2.50. The van der Waals surface area contributed by atoms with Crippen molar-refractivity contribution in [2.45, 2.75) is 38.4 Å². The van der Waals surface area contributed by atoms with E-state index >= 15 is 0 Å². The zero-order valence-electron chi connectivity index (χ0n) is 9.79. The van der Waals surface area contributed by atoms with Crippen molar-refractivity contribution in [3.05, 3.63) is 0 Å². The van der Waals surface area contributed by atoms with Gasteiger partial charge in [-0.1, -0.05) is 0 Å². The van der Waals surface area contributed by atoms with E-state index in [1.54, 1.807) is 6.92 Å². The molecule has 0 amide bonds. The van der Waals surface area contributed by atoms with Crippen molar-refractivity contribution in [1.82, 2.24) is 0 Å². The summed E-state index contributed by atoms with van der Waals surface area (Å²) in [7, 11) is 0. The number of aliphatic imine (C=N–C) groups is 1. The number of fused-ring (bicyclic) bond motifs is 3. The average molecular weight is 241 g/mol. The summed E-state index contributed by atoms with van der Waals surface area (Å²) in [6.07, 6.45) is -0.510. The Kier molecular flexibility index (Phi) is 2.56. The minimum absolute atomic E-state index is 0.0340. The van der Waals surface area contributed by atoms with E-state index in [4.69, 9.17) is 18.9 Å². The van der Waals surface area contributed by atoms with Crippen molar-refractivity contribution in [3.63, 3.8) is 0 Å². The van der Waals surface area contributed by atoms with Crippen molar-refractivity contribution in [1.29, 1.82) is 0 Å². The molecule has 5 atom stereocenters. The number of hydrogen-bond acceptors (Lipinski definition) is 6. The predicted octanol–water partition coefficient (Wildman–Crippen LogP) is 0.107. The first-order valence-corrected chi connectivity index (χ1v) is 5.76. The van der Waals surface area contributed by atoms with E-state index in [0.717, 1.165) is 0 Å². The predicted molar refractivity (Wildman–Crippen MR) is 56.5 cm³/mol. The van der Waals surface area contributed by atoms with E-state index in [1.807, 2.05) is 0 Å². The van der Waals surface area contributed by atoms with E-state index in [-0.39, 0.29) is 36.7 Å². The summed E-state index contributed by atoms with van der Waals surface area (Å²) in [4.78, 5) is 15.2. The first-order valence-electron chi connectivity index (χ1n) is 5.76. The lowest BCUT2D eigenvalue weighted by molar-refractivity contribution is -0.281. The molecule has 2 fully saturated rings. The van der Waals surface area contributed by atoms with Crippen LogP contribution in [0.2, 0.25) is 0 Å². The molecule has 6 heteroatoms. The molecule has 3 heterocycles. The Morgan fingerprint density at radius 1 is 1.59 bits per heavy atom. The molecule has 17 heavy (non-hydrogen) atoms. The lowest BCUT2D eigenvalue weighted by atomic mass is 9.84. The molecule has 5 unspecified atom stereocenters. The number of carbonyl (C=O) groups is 1. The van der Waals surface area contributed by atoms with Crippen LogP contribution in [0.1, 0.15) is 13.8 Å². The maximum absolute atomic E-state index is 10.8. The first kappa shape index (κ1) is 11.0. The van der Waals surface area contributed by atoms with Gasteiger partial charge in [-0.25, -0.2) is 4.99 Å². The van der Waals surface area contributed by atoms with Gasteiger partial charge in [-0.3, -0.25) is 4.79 Å². The van der Waals surface area contributed by atoms with E-state index < -0.39 is 6.29 Å². The summed E-state index contributed by atoms with van der Waals surface area (Å²) in [5.74, 6) is 0.573. The van der Waals surface area contributed by atoms with Crippen LogP contribution in [0.5, 0.6) is 0 Å². The van der Waals surface area contributed by atoms with Crippen molar-refractivity contribution in [2.75, 3.05) is 13.2 Å². The van der Waals surface area contributed by atoms with Crippen molar-refractivity contribution >= 4 is 11.9 Å². The lowest BCUT2D eigenvalue weighted by Crippen LogP contribution is -2.62. The molecular weight excluding hydrogens is 226 g/mol. The molecule has 3 aliphatic heterocycles. The van der Waals surface area contributed by atoms with Gasteiger partial charge < -0.3 is 18.9 Å². The third-order valence-corrected chi connectivity index (χ3v) is 3.37. The maximum Gasteiger partial charge on any atom is 0.302 e. The zero-order valence-corrected chi connectivity index (χ0v) is 9.79. The Hall–Kier alpha value is -1.14. The minimum Gasteiger partial charge on any atom is -0.463 e. The molecule has 0 aromatic carbocycles. The summed E-state index contributed by atoms with van der Waals surface area (Å²) in [5, 5.41) is 0. The second-order valence-corrected chi connectivity index (χ2v) is 4.56. The van der Waals surface area contributed by atoms with Gasteiger partial charge in [0.2, 0.25) is 6.29 Å². The summed E-state index contributed by atoms with van der Waals surface area (Å²) >= 11 is 0. The Bertz CT molecular complexity index is 369. The van der Waals surface area contributed by atoms with Gasteiger partial charge in [-0.15, -0.1) is 0 Å². The monoisotopic (exact) mass is 241 g/mol. The fourth-order valence-corrected chi connectivity index (χ4v) is 2.50. The SMILES string of the molecule is CC(=O)OCC1OC2OC(C)=NC2C2OCC12. The van der Waals surface area contributed by atoms with Gasteiger partial charge >= 0.3 is 5.97 Å². The second kappa shape index (κ2) is 3.96. The number of hydrogen-bond donors (Lipinski definition) is 0. The number of esters is 1. The third kappa shape index (κ3) is 1.81. The molecule has 0 aromatic rings. The number of ether oxygens (including phenoxy) is 4. The molecule has 0 aromatic heterocycles. The highest BCUT2D eigenvalue weighted by atomic mass is 16.7. The van der Waals surface area contributed by atoms with Gasteiger partial charge in [0.15, 0.2) is 5.90 Å². The van der Waals surface area contributed by atoms with E-state index in [9.17, 15) is 4.79 Å². The van der Waals surface area contributed by atoms with Crippen molar-refractivity contribution < 1.29 is 23.7 Å². The van der Waals surface area contributed by atoms with Crippen LogP contribution >= 0.6 is 0 Å². The maximum atomic E-state index is 10.8. The quantitative estimate of drug-likeness (QED) is 0.642. The smallest absolute Gasteiger partial charge is 0.302 e. The van der Waals surface area contributed by atoms with Gasteiger partial charge in [-0.05, 0) is 0 Å². The molecule has 0 bridgehead atoms. The molecule has 0 spiro atoms. The van der Waals surface area contributed by atoms with Crippen LogP contribution in [-0.4, -0.2) is 49.6 Å². The molecular formula is C11H15NO5. The highest BCUT2D eigenvalue weighted by Gasteiger charge is 2.55. The van der Waals surface area contributed by atoms with Crippen LogP contribution < -0.4 is 0 Å². The fraction of sp³-hybridized carbons (Fsp3) is 0.818. The van der Waals surface area contributed by atoms with Crippen LogP contribution in [0, 0.1) is 5.92 Å². The van der Waals surface area contributed by atoms with E-state index in [0.29, 0.717) is 12.5 Å². The van der Waals surface area contributed by atoms with Crippen LogP contribution in [0.4, 0.5) is 0 Å². The number of rotatable bonds is 2. The minimum atomic E-state index is -0.392. The second-order valence-electron chi connectivity index (χ2n) is 4.56. The zero-order chi connectivity index (χ0) is 12.0. The van der Waals surface area contributed by atoms with Crippen molar-refractivity contribution in [3.8, 4) is 0 Å². The van der Waals surface area contributed by atoms with Gasteiger partial charge in [0.1, 0.15) is 18.8 Å². The average Bonchev–Trinajstić information content (AvgIpc) is 2.53. The van der Waals surface area contributed by atoms with Crippen molar-refractivity contribution in [2.24, 2.45) is 10.9 Å². The largest absolute Gasteiger partial charge is 0.463 e. The standard InChI is InChI=1S/C11H15NO5/c1-5-12-9-10-7(3-15-10)8(4-14-6(2)13)17-11(9)16-5/h7-11H,3-4H2,1-2H3.